The molecule has 0 bridgehead atoms. The van der Waals surface area contributed by atoms with E-state index in [1.807, 2.05) is 28.4 Å². The molecule has 0 radical (unpaired) electrons. The molecule has 1 aliphatic heterocycles. The van der Waals surface area contributed by atoms with Crippen LogP contribution < -0.4 is 9.47 Å². The quantitative estimate of drug-likeness (QED) is 0.733. The third-order valence-corrected chi connectivity index (χ3v) is 2.01. The molecule has 0 spiro atoms. The zero-order valence-electron chi connectivity index (χ0n) is 6.29. The van der Waals surface area contributed by atoms with Gasteiger partial charge in [-0.3, -0.25) is 0 Å². The van der Waals surface area contributed by atoms with Gasteiger partial charge in [-0.2, -0.15) is 0 Å². The summed E-state index contributed by atoms with van der Waals surface area (Å²) >= 11 is 2.19. The van der Waals surface area contributed by atoms with Crippen LogP contribution in [0.2, 0.25) is 0 Å². The molecule has 0 fully saturated rings. The van der Waals surface area contributed by atoms with Crippen molar-refractivity contribution < 1.29 is 9.47 Å². The third kappa shape index (κ3) is 1.41. The number of ether oxygens (including phenoxy) is 2. The van der Waals surface area contributed by atoms with Crippen molar-refractivity contribution in [3.05, 3.63) is 27.8 Å². The van der Waals surface area contributed by atoms with Gasteiger partial charge >= 0.3 is 0 Å². The molecule has 0 atom stereocenters. The first-order chi connectivity index (χ1) is 5.90. The van der Waals surface area contributed by atoms with E-state index in [4.69, 9.17) is 9.47 Å². The van der Waals surface area contributed by atoms with Crippen LogP contribution in [0.3, 0.4) is 0 Å². The van der Waals surface area contributed by atoms with E-state index in [0.29, 0.717) is 6.79 Å². The first-order valence-corrected chi connectivity index (χ1v) is 4.81. The van der Waals surface area contributed by atoms with E-state index in [-0.39, 0.29) is 0 Å². The molecule has 1 aromatic carbocycles. The minimum Gasteiger partial charge on any atom is -0.454 e. The number of benzene rings is 1. The fourth-order valence-corrected chi connectivity index (χ4v) is 1.50. The second-order valence-electron chi connectivity index (χ2n) is 2.41. The van der Waals surface area contributed by atoms with Crippen LogP contribution in [0.4, 0.5) is 0 Å². The van der Waals surface area contributed by atoms with Gasteiger partial charge < -0.3 is 9.47 Å². The van der Waals surface area contributed by atoms with Gasteiger partial charge in [0.25, 0.3) is 0 Å². The lowest BCUT2D eigenvalue weighted by Crippen LogP contribution is -1.92. The van der Waals surface area contributed by atoms with Crippen LogP contribution in [0.5, 0.6) is 11.5 Å². The molecule has 0 amide bonds. The normalized spacial score (nSPS) is 14.1. The topological polar surface area (TPSA) is 18.5 Å². The fraction of sp³-hybridized carbons (Fsp3) is 0.111. The standard InChI is InChI=1S/C9H7IO2/c10-4-3-7-1-2-8-9(5-7)12-6-11-8/h1-5H,6H2. The molecule has 3 heteroatoms. The van der Waals surface area contributed by atoms with Gasteiger partial charge in [0, 0.05) is 0 Å². The van der Waals surface area contributed by atoms with Crippen LogP contribution in [0.15, 0.2) is 22.3 Å². The van der Waals surface area contributed by atoms with Gasteiger partial charge in [-0.25, -0.2) is 0 Å². The van der Waals surface area contributed by atoms with Crippen molar-refractivity contribution in [2.24, 2.45) is 0 Å². The van der Waals surface area contributed by atoms with Gasteiger partial charge in [0.05, 0.1) is 0 Å². The highest BCUT2D eigenvalue weighted by atomic mass is 127. The number of halogens is 1. The van der Waals surface area contributed by atoms with Crippen molar-refractivity contribution in [2.45, 2.75) is 0 Å². The average molecular weight is 274 g/mol. The van der Waals surface area contributed by atoms with Crippen molar-refractivity contribution in [3.63, 3.8) is 0 Å². The Balaban J connectivity index is 2.38. The molecule has 2 nitrogen and oxygen atoms in total. The highest BCUT2D eigenvalue weighted by Gasteiger charge is 2.11. The molecule has 12 heavy (non-hydrogen) atoms. The van der Waals surface area contributed by atoms with Gasteiger partial charge in [0.15, 0.2) is 11.5 Å². The Morgan fingerprint density at radius 1 is 1.25 bits per heavy atom. The SMILES string of the molecule is IC=Cc1ccc2c(c1)OCO2. The predicted octanol–water partition coefficient (Wildman–Crippen LogP) is 2.82. The molecule has 0 N–H and O–H groups in total. The van der Waals surface area contributed by atoms with Gasteiger partial charge in [0.1, 0.15) is 0 Å². The molecule has 1 aromatic rings. The third-order valence-electron chi connectivity index (χ3n) is 1.65. The maximum absolute atomic E-state index is 5.23. The van der Waals surface area contributed by atoms with Crippen LogP contribution in [0, 0.1) is 0 Å². The Morgan fingerprint density at radius 3 is 2.92 bits per heavy atom. The number of hydrogen-bond acceptors (Lipinski definition) is 2. The second-order valence-corrected chi connectivity index (χ2v) is 3.12. The lowest BCUT2D eigenvalue weighted by Gasteiger charge is -1.96. The lowest BCUT2D eigenvalue weighted by molar-refractivity contribution is 0.174. The summed E-state index contributed by atoms with van der Waals surface area (Å²) < 4.78 is 12.4. The molecule has 1 aliphatic rings. The monoisotopic (exact) mass is 274 g/mol. The van der Waals surface area contributed by atoms with Crippen LogP contribution >= 0.6 is 22.6 Å². The van der Waals surface area contributed by atoms with Gasteiger partial charge in [0.2, 0.25) is 6.79 Å². The summed E-state index contributed by atoms with van der Waals surface area (Å²) in [5, 5.41) is 0. The van der Waals surface area contributed by atoms with Crippen molar-refractivity contribution in [1.29, 1.82) is 0 Å². The molecule has 0 aliphatic carbocycles. The summed E-state index contributed by atoms with van der Waals surface area (Å²) in [7, 11) is 0. The van der Waals surface area contributed by atoms with Crippen molar-refractivity contribution in [3.8, 4) is 11.5 Å². The Morgan fingerprint density at radius 2 is 2.08 bits per heavy atom. The lowest BCUT2D eigenvalue weighted by atomic mass is 10.2. The highest BCUT2D eigenvalue weighted by molar-refractivity contribution is 14.1. The predicted molar refractivity (Wildman–Crippen MR) is 55.6 cm³/mol. The van der Waals surface area contributed by atoms with E-state index < -0.39 is 0 Å². The van der Waals surface area contributed by atoms with E-state index in [9.17, 15) is 0 Å². The molecule has 0 aromatic heterocycles. The minimum absolute atomic E-state index is 0.340. The van der Waals surface area contributed by atoms with Crippen LogP contribution in [-0.4, -0.2) is 6.79 Å². The summed E-state index contributed by atoms with van der Waals surface area (Å²) in [5.74, 6) is 1.67. The molecule has 1 heterocycles. The molecule has 2 rings (SSSR count). The largest absolute Gasteiger partial charge is 0.454 e. The number of rotatable bonds is 1. The van der Waals surface area contributed by atoms with E-state index in [1.165, 1.54) is 0 Å². The molecular weight excluding hydrogens is 267 g/mol. The van der Waals surface area contributed by atoms with Gasteiger partial charge in [-0.05, 0) is 27.9 Å². The van der Waals surface area contributed by atoms with Crippen molar-refractivity contribution in [2.75, 3.05) is 6.79 Å². The Hall–Kier alpha value is -0.710. The molecular formula is C9H7IO2. The van der Waals surface area contributed by atoms with Crippen molar-refractivity contribution >= 4 is 28.7 Å². The van der Waals surface area contributed by atoms with Gasteiger partial charge in [-0.15, -0.1) is 0 Å². The number of hydrogen-bond donors (Lipinski definition) is 0. The van der Waals surface area contributed by atoms with E-state index in [1.54, 1.807) is 0 Å². The van der Waals surface area contributed by atoms with E-state index >= 15 is 0 Å². The van der Waals surface area contributed by atoms with E-state index in [0.717, 1.165) is 17.1 Å². The first kappa shape index (κ1) is 7.91. The number of fused-ring (bicyclic) bond motifs is 1. The fourth-order valence-electron chi connectivity index (χ4n) is 1.09. The van der Waals surface area contributed by atoms with Crippen molar-refractivity contribution in [1.82, 2.24) is 0 Å². The van der Waals surface area contributed by atoms with Crippen LogP contribution in [0.1, 0.15) is 5.56 Å². The first-order valence-electron chi connectivity index (χ1n) is 3.56. The summed E-state index contributed by atoms with van der Waals surface area (Å²) in [6, 6.07) is 5.90. The average Bonchev–Trinajstić information content (AvgIpc) is 2.51. The Labute approximate surface area is 84.3 Å². The second kappa shape index (κ2) is 3.35. The Kier molecular flexibility index (Phi) is 2.21. The zero-order chi connectivity index (χ0) is 8.39. The molecule has 0 saturated heterocycles. The summed E-state index contributed by atoms with van der Waals surface area (Å²) in [6.07, 6.45) is 2.02. The summed E-state index contributed by atoms with van der Waals surface area (Å²) in [4.78, 5) is 0. The smallest absolute Gasteiger partial charge is 0.231 e. The van der Waals surface area contributed by atoms with Crippen LogP contribution in [0.25, 0.3) is 6.08 Å². The highest BCUT2D eigenvalue weighted by Crippen LogP contribution is 2.32. The minimum atomic E-state index is 0.340. The van der Waals surface area contributed by atoms with E-state index in [2.05, 4.69) is 22.6 Å². The summed E-state index contributed by atoms with van der Waals surface area (Å²) in [6.45, 7) is 0.340. The maximum atomic E-state index is 5.23. The molecule has 62 valence electrons. The maximum Gasteiger partial charge on any atom is 0.231 e. The molecule has 0 saturated carbocycles. The van der Waals surface area contributed by atoms with Gasteiger partial charge in [-0.1, -0.05) is 28.7 Å². The summed E-state index contributed by atoms with van der Waals surface area (Å²) in [5.41, 5.74) is 1.13. The zero-order valence-corrected chi connectivity index (χ0v) is 8.45. The van der Waals surface area contributed by atoms with Crippen LogP contribution in [-0.2, 0) is 0 Å². The molecule has 0 unspecified atom stereocenters. The Bertz CT molecular complexity index is 320.